The van der Waals surface area contributed by atoms with Crippen LogP contribution in [0.5, 0.6) is 11.5 Å². The van der Waals surface area contributed by atoms with Crippen molar-refractivity contribution in [3.05, 3.63) is 29.3 Å². The molecule has 5 N–H and O–H groups in total. The summed E-state index contributed by atoms with van der Waals surface area (Å²) in [4.78, 5) is 0. The average molecular weight is 347 g/mol. The van der Waals surface area contributed by atoms with E-state index in [-0.39, 0.29) is 22.6 Å². The van der Waals surface area contributed by atoms with Gasteiger partial charge in [-0.3, -0.25) is 0 Å². The molecule has 0 atom stereocenters. The number of rotatable bonds is 3. The minimum absolute atomic E-state index is 0.160. The Morgan fingerprint density at radius 1 is 1.08 bits per heavy atom. The molecule has 2 aromatic carbocycles. The lowest BCUT2D eigenvalue weighted by molar-refractivity contribution is -0.375. The first kappa shape index (κ1) is 19.9. The molecule has 0 radical (unpaired) electrons. The number of halogens is 3. The number of hydrogen-bond acceptors (Lipinski definition) is 5. The number of benzene rings is 2. The van der Waals surface area contributed by atoms with Crippen LogP contribution < -0.4 is 10.5 Å². The molecule has 0 saturated heterocycles. The quantitative estimate of drug-likeness (QED) is 0.387. The van der Waals surface area contributed by atoms with Crippen molar-refractivity contribution < 1.29 is 33.2 Å². The van der Waals surface area contributed by atoms with E-state index >= 15 is 0 Å². The third-order valence-electron chi connectivity index (χ3n) is 3.15. The van der Waals surface area contributed by atoms with E-state index in [1.165, 1.54) is 6.07 Å². The van der Waals surface area contributed by atoms with E-state index in [4.69, 9.17) is 15.9 Å². The number of ether oxygens (including phenoxy) is 1. The van der Waals surface area contributed by atoms with Crippen molar-refractivity contribution in [1.82, 2.24) is 0 Å². The van der Waals surface area contributed by atoms with Crippen molar-refractivity contribution in [2.75, 3.05) is 5.73 Å². The van der Waals surface area contributed by atoms with Crippen molar-refractivity contribution in [2.24, 2.45) is 0 Å². The van der Waals surface area contributed by atoms with Crippen LogP contribution in [-0.2, 0) is 0 Å². The molecule has 0 aliphatic heterocycles. The molecular weight excluding hydrogens is 327 g/mol. The lowest BCUT2D eigenvalue weighted by Crippen LogP contribution is -2.29. The maximum absolute atomic E-state index is 14.0. The molecule has 24 heavy (non-hydrogen) atoms. The Balaban J connectivity index is 0.00000139. The van der Waals surface area contributed by atoms with E-state index in [1.807, 2.05) is 13.8 Å². The molecule has 0 amide bonds. The van der Waals surface area contributed by atoms with Gasteiger partial charge in [0.2, 0.25) is 0 Å². The second kappa shape index (κ2) is 7.14. The minimum atomic E-state index is -4.17. The topological polar surface area (TPSA) is 95.9 Å². The Hall–Kier alpha value is -2.19. The Bertz CT molecular complexity index is 743. The summed E-state index contributed by atoms with van der Waals surface area (Å²) in [5.74, 6) is -4.46. The first-order valence-electron chi connectivity index (χ1n) is 7.28. The molecule has 2 aromatic rings. The van der Waals surface area contributed by atoms with Gasteiger partial charge in [0, 0.05) is 11.5 Å². The number of phenolic OH excluding ortho intramolecular Hbond substituents is 1. The highest BCUT2D eigenvalue weighted by molar-refractivity contribution is 6.00. The summed E-state index contributed by atoms with van der Waals surface area (Å²) in [7, 11) is 0. The highest BCUT2D eigenvalue weighted by atomic mass is 19.2. The normalized spacial score (nSPS) is 11.4. The summed E-state index contributed by atoms with van der Waals surface area (Å²) in [6.45, 7) is 7.33. The molecule has 0 aliphatic carbocycles. The Morgan fingerprint density at radius 3 is 2.08 bits per heavy atom. The molecular formula is C16H20F3NO4. The van der Waals surface area contributed by atoms with Crippen LogP contribution in [-0.4, -0.2) is 21.5 Å². The van der Waals surface area contributed by atoms with Crippen LogP contribution in [0.4, 0.5) is 18.9 Å². The van der Waals surface area contributed by atoms with Crippen LogP contribution in [0.3, 0.4) is 0 Å². The van der Waals surface area contributed by atoms with Crippen LogP contribution >= 0.6 is 0 Å². The average Bonchev–Trinajstić information content (AvgIpc) is 2.46. The van der Waals surface area contributed by atoms with E-state index in [2.05, 4.69) is 4.74 Å². The molecule has 0 fully saturated rings. The fourth-order valence-corrected chi connectivity index (χ4v) is 2.25. The molecule has 0 saturated carbocycles. The zero-order valence-corrected chi connectivity index (χ0v) is 13.7. The number of aliphatic hydroxyl groups is 2. The summed E-state index contributed by atoms with van der Waals surface area (Å²) in [5.41, 5.74) is 5.66. The van der Waals surface area contributed by atoms with Crippen LogP contribution in [0.15, 0.2) is 12.1 Å². The Kier molecular flexibility index (Phi) is 5.91. The summed E-state index contributed by atoms with van der Waals surface area (Å²) in [5, 5.41) is 26.5. The van der Waals surface area contributed by atoms with E-state index in [9.17, 15) is 18.3 Å². The van der Waals surface area contributed by atoms with Crippen molar-refractivity contribution >= 4 is 16.5 Å². The number of fused-ring (bicyclic) bond motifs is 1. The molecule has 2 rings (SSSR count). The van der Waals surface area contributed by atoms with Gasteiger partial charge >= 0.3 is 6.23 Å². The third-order valence-corrected chi connectivity index (χ3v) is 3.15. The second-order valence-electron chi connectivity index (χ2n) is 5.11. The van der Waals surface area contributed by atoms with Gasteiger partial charge in [-0.2, -0.15) is 0 Å². The van der Waals surface area contributed by atoms with Gasteiger partial charge in [0.15, 0.2) is 11.6 Å². The van der Waals surface area contributed by atoms with Crippen LogP contribution in [0, 0.1) is 11.6 Å². The number of anilines is 1. The van der Waals surface area contributed by atoms with Crippen molar-refractivity contribution in [2.45, 2.75) is 39.8 Å². The monoisotopic (exact) mass is 347 g/mol. The molecule has 0 bridgehead atoms. The zero-order chi connectivity index (χ0) is 18.8. The smallest absolute Gasteiger partial charge is 0.492 e. The van der Waals surface area contributed by atoms with Gasteiger partial charge in [-0.1, -0.05) is 27.7 Å². The molecule has 8 heteroatoms. The highest BCUT2D eigenvalue weighted by Gasteiger charge is 2.30. The van der Waals surface area contributed by atoms with E-state index < -0.39 is 34.7 Å². The fraction of sp³-hybridized carbons (Fsp3) is 0.375. The van der Waals surface area contributed by atoms with Gasteiger partial charge in [-0.05, 0) is 17.5 Å². The molecule has 0 spiro atoms. The third kappa shape index (κ3) is 3.82. The lowest BCUT2D eigenvalue weighted by atomic mass is 9.93. The summed E-state index contributed by atoms with van der Waals surface area (Å²) in [6, 6.07) is 1.58. The van der Waals surface area contributed by atoms with Gasteiger partial charge in [0.05, 0.1) is 11.1 Å². The van der Waals surface area contributed by atoms with E-state index in [0.717, 1.165) is 0 Å². The van der Waals surface area contributed by atoms with E-state index in [0.29, 0.717) is 6.07 Å². The van der Waals surface area contributed by atoms with Gasteiger partial charge in [-0.25, -0.2) is 8.78 Å². The second-order valence-corrected chi connectivity index (χ2v) is 5.11. The molecule has 5 nitrogen and oxygen atoms in total. The summed E-state index contributed by atoms with van der Waals surface area (Å²) < 4.78 is 45.0. The molecule has 134 valence electrons. The number of nitrogen functional groups attached to an aromatic ring is 1. The van der Waals surface area contributed by atoms with Gasteiger partial charge in [0.25, 0.3) is 0 Å². The number of nitrogens with two attached hydrogens (primary N) is 1. The largest absolute Gasteiger partial charge is 0.505 e. The number of phenols is 1. The van der Waals surface area contributed by atoms with Crippen molar-refractivity contribution in [1.29, 1.82) is 0 Å². The van der Waals surface area contributed by atoms with Crippen LogP contribution in [0.25, 0.3) is 10.8 Å². The highest BCUT2D eigenvalue weighted by Crippen LogP contribution is 2.44. The standard InChI is InChI=1S/C14H14F3NO4.C2H6/c1-5(2)6-3-9(18)12(19)11-7(15)4-8(16)13(10(6)11)22-14(17,20)21;1-2/h3-5,19-21H,18H2,1-2H3;1-2H3. The predicted molar refractivity (Wildman–Crippen MR) is 84.3 cm³/mol. The van der Waals surface area contributed by atoms with E-state index in [1.54, 1.807) is 13.8 Å². The van der Waals surface area contributed by atoms with Gasteiger partial charge in [0.1, 0.15) is 11.6 Å². The Morgan fingerprint density at radius 2 is 1.62 bits per heavy atom. The molecule has 0 aromatic heterocycles. The zero-order valence-electron chi connectivity index (χ0n) is 13.7. The van der Waals surface area contributed by atoms with Crippen molar-refractivity contribution in [3.8, 4) is 11.5 Å². The summed E-state index contributed by atoms with van der Waals surface area (Å²) in [6.07, 6.45) is -4.17. The number of alkyl halides is 1. The number of aromatic hydroxyl groups is 1. The lowest BCUT2D eigenvalue weighted by Gasteiger charge is -2.20. The van der Waals surface area contributed by atoms with Crippen molar-refractivity contribution in [3.63, 3.8) is 0 Å². The first-order valence-corrected chi connectivity index (χ1v) is 7.28. The first-order chi connectivity index (χ1) is 11.0. The minimum Gasteiger partial charge on any atom is -0.505 e. The molecule has 0 unspecified atom stereocenters. The van der Waals surface area contributed by atoms with Gasteiger partial charge in [-0.15, -0.1) is 4.39 Å². The Labute approximate surface area is 137 Å². The number of hydrogen-bond donors (Lipinski definition) is 4. The fourth-order valence-electron chi connectivity index (χ4n) is 2.25. The SMILES string of the molecule is CC.CC(C)c1cc(N)c(O)c2c(F)cc(F)c(OC(O)(O)F)c12. The maximum Gasteiger partial charge on any atom is 0.492 e. The maximum atomic E-state index is 14.0. The molecule has 0 aliphatic rings. The summed E-state index contributed by atoms with van der Waals surface area (Å²) >= 11 is 0. The van der Waals surface area contributed by atoms with Crippen LogP contribution in [0.1, 0.15) is 39.2 Å². The van der Waals surface area contributed by atoms with Crippen LogP contribution in [0.2, 0.25) is 0 Å². The van der Waals surface area contributed by atoms with Gasteiger partial charge < -0.3 is 25.8 Å². The predicted octanol–water partition coefficient (Wildman–Crippen LogP) is 3.50. The molecule has 0 heterocycles.